The highest BCUT2D eigenvalue weighted by molar-refractivity contribution is 7.14. The first-order valence-electron chi connectivity index (χ1n) is 8.68. The van der Waals surface area contributed by atoms with E-state index in [0.29, 0.717) is 11.6 Å². The van der Waals surface area contributed by atoms with E-state index in [1.54, 1.807) is 22.7 Å². The Labute approximate surface area is 174 Å². The van der Waals surface area contributed by atoms with Gasteiger partial charge in [-0.3, -0.25) is 0 Å². The van der Waals surface area contributed by atoms with Gasteiger partial charge < -0.3 is 14.0 Å². The van der Waals surface area contributed by atoms with Crippen LogP contribution in [0.15, 0.2) is 70.3 Å². The standard InChI is InChI=1S/C21H15ClN2O2S2/c22-15-4-1-2-5-16(15)23-21-24(17(12-28-21)20-6-3-9-27-20)11-14-7-8-18-19(10-14)26-13-25-18/h1-10,12H,11,13H2. The molecular formula is C21H15ClN2O2S2. The molecule has 0 fully saturated rings. The van der Waals surface area contributed by atoms with E-state index in [2.05, 4.69) is 33.5 Å². The van der Waals surface area contributed by atoms with Crippen LogP contribution in [-0.4, -0.2) is 11.4 Å². The molecule has 140 valence electrons. The van der Waals surface area contributed by atoms with E-state index in [1.807, 2.05) is 36.4 Å². The topological polar surface area (TPSA) is 35.8 Å². The molecule has 0 amide bonds. The van der Waals surface area contributed by atoms with E-state index in [9.17, 15) is 0 Å². The number of nitrogens with zero attached hydrogens (tertiary/aromatic N) is 2. The molecule has 5 rings (SSSR count). The SMILES string of the molecule is Clc1ccccc1N=c1scc(-c2cccs2)n1Cc1ccc2c(c1)OCO2. The minimum Gasteiger partial charge on any atom is -0.454 e. The van der Waals surface area contributed by atoms with E-state index in [0.717, 1.165) is 33.2 Å². The minimum atomic E-state index is 0.276. The second-order valence-electron chi connectivity index (χ2n) is 6.22. The number of aromatic nitrogens is 1. The highest BCUT2D eigenvalue weighted by Gasteiger charge is 2.15. The van der Waals surface area contributed by atoms with Crippen molar-refractivity contribution in [3.8, 4) is 22.1 Å². The molecule has 2 aromatic carbocycles. The molecule has 0 N–H and O–H groups in total. The maximum absolute atomic E-state index is 6.33. The zero-order valence-electron chi connectivity index (χ0n) is 14.7. The van der Waals surface area contributed by atoms with Crippen LogP contribution in [0.2, 0.25) is 5.02 Å². The summed E-state index contributed by atoms with van der Waals surface area (Å²) in [5.74, 6) is 1.58. The molecule has 3 heterocycles. The molecule has 4 aromatic rings. The van der Waals surface area contributed by atoms with Crippen molar-refractivity contribution in [1.29, 1.82) is 0 Å². The number of hydrogen-bond donors (Lipinski definition) is 0. The molecule has 0 atom stereocenters. The van der Waals surface area contributed by atoms with Gasteiger partial charge in [-0.05, 0) is 41.3 Å². The molecule has 1 aliphatic heterocycles. The van der Waals surface area contributed by atoms with Crippen molar-refractivity contribution in [2.24, 2.45) is 4.99 Å². The van der Waals surface area contributed by atoms with E-state index in [4.69, 9.17) is 26.1 Å². The largest absolute Gasteiger partial charge is 0.454 e. The number of para-hydroxylation sites is 1. The molecule has 28 heavy (non-hydrogen) atoms. The van der Waals surface area contributed by atoms with Crippen molar-refractivity contribution in [3.63, 3.8) is 0 Å². The smallest absolute Gasteiger partial charge is 0.231 e. The summed E-state index contributed by atoms with van der Waals surface area (Å²) < 4.78 is 13.2. The van der Waals surface area contributed by atoms with Crippen LogP contribution in [0.4, 0.5) is 5.69 Å². The summed E-state index contributed by atoms with van der Waals surface area (Å²) in [6, 6.07) is 17.9. The second kappa shape index (κ2) is 7.47. The van der Waals surface area contributed by atoms with Gasteiger partial charge in [0, 0.05) is 5.38 Å². The lowest BCUT2D eigenvalue weighted by Gasteiger charge is -2.09. The molecule has 0 spiro atoms. The van der Waals surface area contributed by atoms with Crippen LogP contribution in [0.3, 0.4) is 0 Å². The third kappa shape index (κ3) is 3.35. The maximum Gasteiger partial charge on any atom is 0.231 e. The van der Waals surface area contributed by atoms with Gasteiger partial charge in [0.25, 0.3) is 0 Å². The average Bonchev–Trinajstić information content (AvgIpc) is 3.45. The van der Waals surface area contributed by atoms with E-state index in [1.165, 1.54) is 4.88 Å². The van der Waals surface area contributed by atoms with Crippen molar-refractivity contribution < 1.29 is 9.47 Å². The number of thiophene rings is 1. The summed E-state index contributed by atoms with van der Waals surface area (Å²) >= 11 is 9.66. The first kappa shape index (κ1) is 17.6. The first-order chi connectivity index (χ1) is 13.8. The molecule has 0 saturated heterocycles. The molecule has 7 heteroatoms. The normalized spacial score (nSPS) is 13.2. The quantitative estimate of drug-likeness (QED) is 0.404. The van der Waals surface area contributed by atoms with Crippen LogP contribution in [0, 0.1) is 0 Å². The molecule has 0 aliphatic carbocycles. The predicted molar refractivity (Wildman–Crippen MR) is 114 cm³/mol. The van der Waals surface area contributed by atoms with Crippen LogP contribution < -0.4 is 14.3 Å². The summed E-state index contributed by atoms with van der Waals surface area (Å²) in [6.45, 7) is 0.953. The van der Waals surface area contributed by atoms with E-state index < -0.39 is 0 Å². The zero-order chi connectivity index (χ0) is 18.9. The lowest BCUT2D eigenvalue weighted by Crippen LogP contribution is -2.16. The molecule has 4 nitrogen and oxygen atoms in total. The van der Waals surface area contributed by atoms with Crippen LogP contribution >= 0.6 is 34.3 Å². The van der Waals surface area contributed by atoms with Crippen molar-refractivity contribution in [2.75, 3.05) is 6.79 Å². The summed E-state index contributed by atoms with van der Waals surface area (Å²) in [7, 11) is 0. The average molecular weight is 427 g/mol. The van der Waals surface area contributed by atoms with Gasteiger partial charge in [-0.1, -0.05) is 35.9 Å². The van der Waals surface area contributed by atoms with E-state index >= 15 is 0 Å². The van der Waals surface area contributed by atoms with Gasteiger partial charge in [0.2, 0.25) is 6.79 Å². The molecule has 0 bridgehead atoms. The fourth-order valence-electron chi connectivity index (χ4n) is 3.06. The van der Waals surface area contributed by atoms with Crippen LogP contribution in [-0.2, 0) is 6.54 Å². The number of ether oxygens (including phenoxy) is 2. The molecule has 1 aliphatic rings. The first-order valence-corrected chi connectivity index (χ1v) is 10.8. The monoisotopic (exact) mass is 426 g/mol. The Morgan fingerprint density at radius 2 is 1.89 bits per heavy atom. The Bertz CT molecular complexity index is 1200. The van der Waals surface area contributed by atoms with Crippen LogP contribution in [0.1, 0.15) is 5.56 Å². The predicted octanol–water partition coefficient (Wildman–Crippen LogP) is 5.94. The van der Waals surface area contributed by atoms with Crippen molar-refractivity contribution in [3.05, 3.63) is 80.7 Å². The second-order valence-corrected chi connectivity index (χ2v) is 8.41. The number of benzene rings is 2. The lowest BCUT2D eigenvalue weighted by atomic mass is 10.2. The van der Waals surface area contributed by atoms with Crippen molar-refractivity contribution >= 4 is 40.0 Å². The summed E-state index contributed by atoms with van der Waals surface area (Å²) in [5, 5.41) is 4.88. The highest BCUT2D eigenvalue weighted by Crippen LogP contribution is 2.33. The Morgan fingerprint density at radius 3 is 2.75 bits per heavy atom. The molecule has 0 unspecified atom stereocenters. The lowest BCUT2D eigenvalue weighted by molar-refractivity contribution is 0.174. The maximum atomic E-state index is 6.33. The number of halogens is 1. The van der Waals surface area contributed by atoms with Gasteiger partial charge in [0.15, 0.2) is 16.3 Å². The van der Waals surface area contributed by atoms with Gasteiger partial charge in [-0.15, -0.1) is 22.7 Å². The minimum absolute atomic E-state index is 0.276. The molecule has 0 saturated carbocycles. The number of fused-ring (bicyclic) bond motifs is 1. The third-order valence-electron chi connectivity index (χ3n) is 4.42. The third-order valence-corrected chi connectivity index (χ3v) is 6.49. The van der Waals surface area contributed by atoms with Crippen LogP contribution in [0.5, 0.6) is 11.5 Å². The Kier molecular flexibility index (Phi) is 4.68. The van der Waals surface area contributed by atoms with Gasteiger partial charge in [-0.2, -0.15) is 0 Å². The Morgan fingerprint density at radius 1 is 1.00 bits per heavy atom. The summed E-state index contributed by atoms with van der Waals surface area (Å²) in [6.07, 6.45) is 0. The molecule has 0 radical (unpaired) electrons. The van der Waals surface area contributed by atoms with Gasteiger partial charge >= 0.3 is 0 Å². The summed E-state index contributed by atoms with van der Waals surface area (Å²) in [4.78, 5) is 6.94. The Balaban J connectivity index is 1.62. The van der Waals surface area contributed by atoms with Gasteiger partial charge in [-0.25, -0.2) is 4.99 Å². The fourth-order valence-corrected chi connectivity index (χ4v) is 4.98. The summed E-state index contributed by atoms with van der Waals surface area (Å²) in [5.41, 5.74) is 3.03. The van der Waals surface area contributed by atoms with E-state index in [-0.39, 0.29) is 6.79 Å². The molecule has 2 aromatic heterocycles. The fraction of sp³-hybridized carbons (Fsp3) is 0.0952. The highest BCUT2D eigenvalue weighted by atomic mass is 35.5. The molecular weight excluding hydrogens is 412 g/mol. The number of hydrogen-bond acceptors (Lipinski definition) is 5. The number of rotatable bonds is 4. The van der Waals surface area contributed by atoms with Crippen molar-refractivity contribution in [2.45, 2.75) is 6.54 Å². The van der Waals surface area contributed by atoms with Gasteiger partial charge in [0.1, 0.15) is 0 Å². The van der Waals surface area contributed by atoms with Crippen molar-refractivity contribution in [1.82, 2.24) is 4.57 Å². The Hall–Kier alpha value is -2.54. The van der Waals surface area contributed by atoms with Gasteiger partial charge in [0.05, 0.1) is 27.8 Å². The number of thiazole rings is 1. The van der Waals surface area contributed by atoms with Crippen LogP contribution in [0.25, 0.3) is 10.6 Å². The zero-order valence-corrected chi connectivity index (χ0v) is 17.1.